The molecule has 1 saturated carbocycles. The summed E-state index contributed by atoms with van der Waals surface area (Å²) in [5.74, 6) is 0.850. The number of aryl methyl sites for hydroxylation is 1. The van der Waals surface area contributed by atoms with E-state index in [0.717, 1.165) is 11.1 Å². The molecule has 2 heterocycles. The lowest BCUT2D eigenvalue weighted by Gasteiger charge is -2.18. The number of carbonyl (C=O) groups is 1. The van der Waals surface area contributed by atoms with Crippen LogP contribution in [0.25, 0.3) is 0 Å². The van der Waals surface area contributed by atoms with E-state index in [1.165, 1.54) is 11.0 Å². The fourth-order valence-corrected chi connectivity index (χ4v) is 3.75. The van der Waals surface area contributed by atoms with Gasteiger partial charge in [0.15, 0.2) is 0 Å². The molecule has 5 nitrogen and oxygen atoms in total. The predicted octanol–water partition coefficient (Wildman–Crippen LogP) is 1.81. The number of aliphatic hydroxyl groups is 1. The van der Waals surface area contributed by atoms with Crippen LogP contribution in [0.15, 0.2) is 12.1 Å². The highest BCUT2D eigenvalue weighted by atomic mass is 19.1. The molecule has 0 spiro atoms. The van der Waals surface area contributed by atoms with Crippen molar-refractivity contribution in [2.45, 2.75) is 18.9 Å². The summed E-state index contributed by atoms with van der Waals surface area (Å²) in [6.45, 7) is 3.32. The highest BCUT2D eigenvalue weighted by Gasteiger charge is 2.55. The van der Waals surface area contributed by atoms with Crippen LogP contribution in [0.4, 0.5) is 14.9 Å². The number of nitrogens with zero attached hydrogens (tertiary/aromatic N) is 1. The van der Waals surface area contributed by atoms with Gasteiger partial charge < -0.3 is 14.6 Å². The van der Waals surface area contributed by atoms with Crippen molar-refractivity contribution < 1.29 is 23.8 Å². The number of anilines is 1. The summed E-state index contributed by atoms with van der Waals surface area (Å²) < 4.78 is 24.9. The Hall–Kier alpha value is -1.66. The van der Waals surface area contributed by atoms with E-state index in [4.69, 9.17) is 14.6 Å². The number of hydrogen-bond acceptors (Lipinski definition) is 4. The van der Waals surface area contributed by atoms with Crippen molar-refractivity contribution in [1.82, 2.24) is 0 Å². The van der Waals surface area contributed by atoms with Crippen LogP contribution in [-0.2, 0) is 9.47 Å². The molecule has 3 unspecified atom stereocenters. The number of ether oxygens (including phenoxy) is 2. The Bertz CT molecular complexity index is 625. The van der Waals surface area contributed by atoms with Crippen molar-refractivity contribution >= 4 is 11.8 Å². The van der Waals surface area contributed by atoms with Gasteiger partial charge in [-0.2, -0.15) is 0 Å². The van der Waals surface area contributed by atoms with Crippen LogP contribution in [0.5, 0.6) is 0 Å². The van der Waals surface area contributed by atoms with Gasteiger partial charge in [0.1, 0.15) is 11.9 Å². The molecule has 3 atom stereocenters. The lowest BCUT2D eigenvalue weighted by Crippen LogP contribution is -2.26. The number of cyclic esters (lactones) is 1. The Morgan fingerprint density at radius 1 is 1.36 bits per heavy atom. The summed E-state index contributed by atoms with van der Waals surface area (Å²) in [6, 6.07) is 3.26. The normalized spacial score (nSPS) is 33.0. The average molecular weight is 307 g/mol. The van der Waals surface area contributed by atoms with Crippen LogP contribution in [0.3, 0.4) is 0 Å². The molecule has 2 saturated heterocycles. The maximum absolute atomic E-state index is 14.5. The minimum atomic E-state index is -0.547. The lowest BCUT2D eigenvalue weighted by atomic mass is 10.0. The van der Waals surface area contributed by atoms with E-state index in [2.05, 4.69) is 0 Å². The molecule has 1 N–H and O–H groups in total. The molecule has 6 heteroatoms. The summed E-state index contributed by atoms with van der Waals surface area (Å²) in [6.07, 6.45) is -1.08. The Kier molecular flexibility index (Phi) is 3.13. The molecule has 0 radical (unpaired) electrons. The molecule has 1 aromatic carbocycles. The molecule has 22 heavy (non-hydrogen) atoms. The number of hydrogen-bond donors (Lipinski definition) is 1. The number of amides is 1. The van der Waals surface area contributed by atoms with E-state index in [1.807, 2.05) is 13.0 Å². The first-order valence-electron chi connectivity index (χ1n) is 7.57. The van der Waals surface area contributed by atoms with Gasteiger partial charge in [0.25, 0.3) is 0 Å². The van der Waals surface area contributed by atoms with Crippen molar-refractivity contribution in [2.75, 3.05) is 31.3 Å². The summed E-state index contributed by atoms with van der Waals surface area (Å²) in [5.41, 5.74) is 2.09. The summed E-state index contributed by atoms with van der Waals surface area (Å²) in [5, 5.41) is 9.10. The Morgan fingerprint density at radius 2 is 2.09 bits per heavy atom. The van der Waals surface area contributed by atoms with Gasteiger partial charge >= 0.3 is 6.09 Å². The van der Waals surface area contributed by atoms with Gasteiger partial charge in [-0.3, -0.25) is 4.90 Å². The number of benzene rings is 1. The first kappa shape index (κ1) is 14.0. The van der Waals surface area contributed by atoms with E-state index >= 15 is 0 Å². The van der Waals surface area contributed by atoms with Gasteiger partial charge in [-0.15, -0.1) is 0 Å². The van der Waals surface area contributed by atoms with Crippen molar-refractivity contribution in [3.63, 3.8) is 0 Å². The average Bonchev–Trinajstić information content (AvgIpc) is 2.86. The van der Waals surface area contributed by atoms with E-state index in [1.54, 1.807) is 0 Å². The first-order valence-corrected chi connectivity index (χ1v) is 7.57. The standard InChI is InChI=1S/C16H18FNO4/c1-8-2-10(15-11-6-21-7-12(11)15)13(17)3-14(8)18-4-9(5-19)22-16(18)20/h2-3,9,11-12,15,19H,4-7H2,1H3. The lowest BCUT2D eigenvalue weighted by molar-refractivity contribution is 0.0963. The molecule has 4 rings (SSSR count). The molecule has 3 fully saturated rings. The second kappa shape index (κ2) is 4.93. The molecular formula is C16H18FNO4. The Morgan fingerprint density at radius 3 is 2.73 bits per heavy atom. The zero-order chi connectivity index (χ0) is 15.4. The monoisotopic (exact) mass is 307 g/mol. The molecule has 2 aliphatic heterocycles. The minimum absolute atomic E-state index is 0.229. The number of aliphatic hydroxyl groups excluding tert-OH is 1. The smallest absolute Gasteiger partial charge is 0.414 e. The number of fused-ring (bicyclic) bond motifs is 1. The van der Waals surface area contributed by atoms with Crippen LogP contribution in [-0.4, -0.2) is 43.7 Å². The topological polar surface area (TPSA) is 59.0 Å². The molecule has 0 aromatic heterocycles. The summed E-state index contributed by atoms with van der Waals surface area (Å²) in [7, 11) is 0. The molecule has 0 bridgehead atoms. The SMILES string of the molecule is Cc1cc(C2C3COCC32)c(F)cc1N1CC(CO)OC1=O. The fourth-order valence-electron chi connectivity index (χ4n) is 3.75. The third kappa shape index (κ3) is 2.01. The van der Waals surface area contributed by atoms with Gasteiger partial charge in [-0.25, -0.2) is 9.18 Å². The van der Waals surface area contributed by atoms with Gasteiger partial charge in [-0.1, -0.05) is 6.07 Å². The van der Waals surface area contributed by atoms with Gasteiger partial charge in [-0.05, 0) is 41.9 Å². The van der Waals surface area contributed by atoms with E-state index in [-0.39, 0.29) is 24.9 Å². The Balaban J connectivity index is 1.62. The van der Waals surface area contributed by atoms with E-state index in [9.17, 15) is 9.18 Å². The van der Waals surface area contributed by atoms with Crippen LogP contribution < -0.4 is 4.90 Å². The largest absolute Gasteiger partial charge is 0.441 e. The summed E-state index contributed by atoms with van der Waals surface area (Å²) >= 11 is 0. The number of halogens is 1. The molecule has 1 amide bonds. The number of carbonyl (C=O) groups excluding carboxylic acids is 1. The zero-order valence-corrected chi connectivity index (χ0v) is 12.3. The number of rotatable bonds is 3. The highest BCUT2D eigenvalue weighted by Crippen LogP contribution is 2.58. The maximum Gasteiger partial charge on any atom is 0.414 e. The fraction of sp³-hybridized carbons (Fsp3) is 0.562. The molecule has 118 valence electrons. The molecule has 1 aliphatic carbocycles. The molecular weight excluding hydrogens is 289 g/mol. The van der Waals surface area contributed by atoms with Crippen molar-refractivity contribution in [3.8, 4) is 0 Å². The van der Waals surface area contributed by atoms with Gasteiger partial charge in [0.2, 0.25) is 0 Å². The third-order valence-corrected chi connectivity index (χ3v) is 5.00. The van der Waals surface area contributed by atoms with Gasteiger partial charge in [0, 0.05) is 0 Å². The second-order valence-corrected chi connectivity index (χ2v) is 6.35. The van der Waals surface area contributed by atoms with Crippen molar-refractivity contribution in [3.05, 3.63) is 29.1 Å². The highest BCUT2D eigenvalue weighted by molar-refractivity contribution is 5.90. The summed E-state index contributed by atoms with van der Waals surface area (Å²) in [4.78, 5) is 13.2. The predicted molar refractivity (Wildman–Crippen MR) is 76.4 cm³/mol. The van der Waals surface area contributed by atoms with Crippen molar-refractivity contribution in [1.29, 1.82) is 0 Å². The second-order valence-electron chi connectivity index (χ2n) is 6.35. The molecule has 3 aliphatic rings. The van der Waals surface area contributed by atoms with Crippen LogP contribution in [0, 0.1) is 24.6 Å². The molecule has 1 aromatic rings. The van der Waals surface area contributed by atoms with Crippen LogP contribution >= 0.6 is 0 Å². The zero-order valence-electron chi connectivity index (χ0n) is 12.3. The third-order valence-electron chi connectivity index (χ3n) is 5.00. The quantitative estimate of drug-likeness (QED) is 0.925. The van der Waals surface area contributed by atoms with E-state index in [0.29, 0.717) is 30.7 Å². The van der Waals surface area contributed by atoms with Crippen LogP contribution in [0.1, 0.15) is 17.0 Å². The van der Waals surface area contributed by atoms with Crippen molar-refractivity contribution in [2.24, 2.45) is 11.8 Å². The van der Waals surface area contributed by atoms with Crippen LogP contribution in [0.2, 0.25) is 0 Å². The maximum atomic E-state index is 14.5. The Labute approximate surface area is 127 Å². The van der Waals surface area contributed by atoms with Gasteiger partial charge in [0.05, 0.1) is 32.1 Å². The van der Waals surface area contributed by atoms with E-state index < -0.39 is 12.2 Å². The first-order chi connectivity index (χ1) is 10.6. The minimum Gasteiger partial charge on any atom is -0.441 e.